The Labute approximate surface area is 146 Å². The molecule has 2 aromatic heterocycles. The Hall–Kier alpha value is -1.98. The van der Waals surface area contributed by atoms with E-state index in [0.717, 1.165) is 18.9 Å². The first-order chi connectivity index (χ1) is 11.7. The van der Waals surface area contributed by atoms with Crippen LogP contribution in [0.15, 0.2) is 46.2 Å². The Bertz CT molecular complexity index is 809. The highest BCUT2D eigenvalue weighted by Crippen LogP contribution is 2.38. The number of thiophene rings is 1. The van der Waals surface area contributed by atoms with Crippen molar-refractivity contribution in [3.05, 3.63) is 69.6 Å². The molecule has 1 atom stereocenters. The third-order valence-corrected chi connectivity index (χ3v) is 5.49. The molecule has 0 aliphatic carbocycles. The van der Waals surface area contributed by atoms with Crippen molar-refractivity contribution < 1.29 is 4.42 Å². The highest BCUT2D eigenvalue weighted by atomic mass is 32.1. The molecule has 3 aromatic rings. The molecule has 0 bridgehead atoms. The number of aromatic nitrogens is 2. The SMILES string of the molecule is CC(C)c1nnc(CN2CCc3sccc3C2c2ccccc2)o1. The first-order valence-corrected chi connectivity index (χ1v) is 9.28. The molecule has 124 valence electrons. The Balaban J connectivity index is 1.66. The number of nitrogens with zero attached hydrogens (tertiary/aromatic N) is 3. The molecule has 0 saturated heterocycles. The summed E-state index contributed by atoms with van der Waals surface area (Å²) in [6.07, 6.45) is 1.08. The molecule has 1 aliphatic rings. The highest BCUT2D eigenvalue weighted by Gasteiger charge is 2.30. The van der Waals surface area contributed by atoms with Crippen molar-refractivity contribution >= 4 is 11.3 Å². The molecule has 24 heavy (non-hydrogen) atoms. The first kappa shape index (κ1) is 15.5. The predicted molar refractivity (Wildman–Crippen MR) is 95.1 cm³/mol. The molecule has 0 N–H and O–H groups in total. The van der Waals surface area contributed by atoms with Gasteiger partial charge < -0.3 is 4.42 Å². The molecule has 0 saturated carbocycles. The van der Waals surface area contributed by atoms with Crippen LogP contribution in [0.25, 0.3) is 0 Å². The Morgan fingerprint density at radius 2 is 2.04 bits per heavy atom. The third-order valence-electron chi connectivity index (χ3n) is 4.50. The molecule has 0 radical (unpaired) electrons. The number of fused-ring (bicyclic) bond motifs is 1. The zero-order valence-corrected chi connectivity index (χ0v) is 14.8. The van der Waals surface area contributed by atoms with Crippen LogP contribution in [0.2, 0.25) is 0 Å². The van der Waals surface area contributed by atoms with Crippen molar-refractivity contribution in [1.29, 1.82) is 0 Å². The van der Waals surface area contributed by atoms with Gasteiger partial charge in [-0.2, -0.15) is 0 Å². The summed E-state index contributed by atoms with van der Waals surface area (Å²) in [5.41, 5.74) is 2.74. The molecule has 4 nitrogen and oxygen atoms in total. The van der Waals surface area contributed by atoms with Gasteiger partial charge >= 0.3 is 0 Å². The van der Waals surface area contributed by atoms with E-state index in [1.807, 2.05) is 11.3 Å². The van der Waals surface area contributed by atoms with Gasteiger partial charge in [-0.3, -0.25) is 4.90 Å². The van der Waals surface area contributed by atoms with Gasteiger partial charge in [0.25, 0.3) is 0 Å². The lowest BCUT2D eigenvalue weighted by Crippen LogP contribution is -2.35. The van der Waals surface area contributed by atoms with Crippen LogP contribution < -0.4 is 0 Å². The maximum absolute atomic E-state index is 5.84. The lowest BCUT2D eigenvalue weighted by atomic mass is 9.93. The number of hydrogen-bond donors (Lipinski definition) is 0. The molecule has 0 spiro atoms. The van der Waals surface area contributed by atoms with E-state index in [0.29, 0.717) is 12.4 Å². The van der Waals surface area contributed by atoms with Gasteiger partial charge in [-0.1, -0.05) is 44.2 Å². The van der Waals surface area contributed by atoms with Crippen LogP contribution in [0.5, 0.6) is 0 Å². The maximum atomic E-state index is 5.84. The average Bonchev–Trinajstić information content (AvgIpc) is 3.24. The molecule has 0 fully saturated rings. The van der Waals surface area contributed by atoms with E-state index in [1.54, 1.807) is 0 Å². The molecule has 3 heterocycles. The lowest BCUT2D eigenvalue weighted by molar-refractivity contribution is 0.185. The van der Waals surface area contributed by atoms with E-state index >= 15 is 0 Å². The van der Waals surface area contributed by atoms with E-state index < -0.39 is 0 Å². The molecular weight excluding hydrogens is 318 g/mol. The van der Waals surface area contributed by atoms with E-state index in [4.69, 9.17) is 4.42 Å². The van der Waals surface area contributed by atoms with E-state index in [-0.39, 0.29) is 12.0 Å². The summed E-state index contributed by atoms with van der Waals surface area (Å²) in [6, 6.07) is 13.2. The second kappa shape index (κ2) is 6.49. The molecular formula is C19H21N3OS. The molecule has 4 rings (SSSR count). The van der Waals surface area contributed by atoms with Crippen molar-refractivity contribution in [3.8, 4) is 0 Å². The smallest absolute Gasteiger partial charge is 0.230 e. The van der Waals surface area contributed by atoms with Gasteiger partial charge in [0, 0.05) is 17.3 Å². The molecule has 0 amide bonds. The first-order valence-electron chi connectivity index (χ1n) is 8.40. The predicted octanol–water partition coefficient (Wildman–Crippen LogP) is 4.40. The van der Waals surface area contributed by atoms with Gasteiger partial charge in [0.05, 0.1) is 12.6 Å². The zero-order valence-electron chi connectivity index (χ0n) is 14.0. The monoisotopic (exact) mass is 339 g/mol. The Morgan fingerprint density at radius 1 is 1.21 bits per heavy atom. The van der Waals surface area contributed by atoms with Crippen LogP contribution in [-0.2, 0) is 13.0 Å². The zero-order chi connectivity index (χ0) is 16.5. The van der Waals surface area contributed by atoms with Crippen LogP contribution in [-0.4, -0.2) is 21.6 Å². The normalized spacial score (nSPS) is 18.0. The highest BCUT2D eigenvalue weighted by molar-refractivity contribution is 7.10. The average molecular weight is 339 g/mol. The second-order valence-electron chi connectivity index (χ2n) is 6.52. The van der Waals surface area contributed by atoms with Crippen molar-refractivity contribution in [1.82, 2.24) is 15.1 Å². The second-order valence-corrected chi connectivity index (χ2v) is 7.52. The van der Waals surface area contributed by atoms with Crippen molar-refractivity contribution in [2.24, 2.45) is 0 Å². The summed E-state index contributed by atoms with van der Waals surface area (Å²) in [4.78, 5) is 3.94. The number of benzene rings is 1. The van der Waals surface area contributed by atoms with Crippen LogP contribution in [0, 0.1) is 0 Å². The lowest BCUT2D eigenvalue weighted by Gasteiger charge is -2.35. The van der Waals surface area contributed by atoms with Gasteiger partial charge in [-0.05, 0) is 29.0 Å². The fourth-order valence-electron chi connectivity index (χ4n) is 3.30. The van der Waals surface area contributed by atoms with Crippen LogP contribution in [0.1, 0.15) is 53.6 Å². The number of hydrogen-bond acceptors (Lipinski definition) is 5. The van der Waals surface area contributed by atoms with Gasteiger partial charge in [-0.15, -0.1) is 21.5 Å². The minimum absolute atomic E-state index is 0.260. The molecule has 1 unspecified atom stereocenters. The third kappa shape index (κ3) is 2.89. The number of rotatable bonds is 4. The van der Waals surface area contributed by atoms with Crippen molar-refractivity contribution in [2.45, 2.75) is 38.8 Å². The van der Waals surface area contributed by atoms with Gasteiger partial charge in [0.1, 0.15) is 0 Å². The van der Waals surface area contributed by atoms with Crippen molar-refractivity contribution in [3.63, 3.8) is 0 Å². The largest absolute Gasteiger partial charge is 0.424 e. The molecule has 1 aliphatic heterocycles. The fourth-order valence-corrected chi connectivity index (χ4v) is 4.21. The fraction of sp³-hybridized carbons (Fsp3) is 0.368. The summed E-state index contributed by atoms with van der Waals surface area (Å²) in [5.74, 6) is 1.69. The van der Waals surface area contributed by atoms with Crippen LogP contribution in [0.4, 0.5) is 0 Å². The van der Waals surface area contributed by atoms with Crippen molar-refractivity contribution in [2.75, 3.05) is 6.54 Å². The van der Waals surface area contributed by atoms with Gasteiger partial charge in [0.15, 0.2) is 0 Å². The standard InChI is InChI=1S/C19H21N3OS/c1-13(2)19-21-20-17(23-19)12-22-10-8-16-15(9-11-24-16)18(22)14-6-4-3-5-7-14/h3-7,9,11,13,18H,8,10,12H2,1-2H3. The summed E-state index contributed by atoms with van der Waals surface area (Å²) in [6.45, 7) is 5.84. The Morgan fingerprint density at radius 3 is 2.79 bits per heavy atom. The van der Waals surface area contributed by atoms with Gasteiger partial charge in [-0.25, -0.2) is 0 Å². The summed E-state index contributed by atoms with van der Waals surface area (Å²) in [5, 5.41) is 10.6. The minimum Gasteiger partial charge on any atom is -0.424 e. The minimum atomic E-state index is 0.260. The molecule has 1 aromatic carbocycles. The Kier molecular flexibility index (Phi) is 4.21. The van der Waals surface area contributed by atoms with Crippen LogP contribution >= 0.6 is 11.3 Å². The maximum Gasteiger partial charge on any atom is 0.230 e. The quantitative estimate of drug-likeness (QED) is 0.706. The van der Waals surface area contributed by atoms with E-state index in [1.165, 1.54) is 16.0 Å². The van der Waals surface area contributed by atoms with E-state index in [9.17, 15) is 0 Å². The summed E-state index contributed by atoms with van der Waals surface area (Å²) < 4.78 is 5.84. The van der Waals surface area contributed by atoms with Crippen LogP contribution in [0.3, 0.4) is 0 Å². The van der Waals surface area contributed by atoms with Gasteiger partial charge in [0.2, 0.25) is 11.8 Å². The topological polar surface area (TPSA) is 42.2 Å². The summed E-state index contributed by atoms with van der Waals surface area (Å²) in [7, 11) is 0. The van der Waals surface area contributed by atoms with E-state index in [2.05, 4.69) is 70.7 Å². The summed E-state index contributed by atoms with van der Waals surface area (Å²) >= 11 is 1.86. The molecule has 5 heteroatoms.